The second-order valence-electron chi connectivity index (χ2n) is 2.48. The lowest BCUT2D eigenvalue weighted by Gasteiger charge is -2.02. The van der Waals surface area contributed by atoms with Crippen LogP contribution in [0.15, 0.2) is 30.9 Å². The van der Waals surface area contributed by atoms with Gasteiger partial charge in [-0.3, -0.25) is 0 Å². The number of halogens is 1. The molecule has 0 aliphatic heterocycles. The molecule has 0 saturated heterocycles. The first-order valence-corrected chi connectivity index (χ1v) is 3.98. The molecule has 0 aliphatic carbocycles. The van der Waals surface area contributed by atoms with E-state index in [2.05, 4.69) is 10.1 Å². The Bertz CT molecular complexity index is 413. The Labute approximate surface area is 79.4 Å². The normalized spacial score (nSPS) is 10.2. The molecule has 1 aromatic carbocycles. The van der Waals surface area contributed by atoms with Crippen molar-refractivity contribution in [3.63, 3.8) is 0 Å². The van der Waals surface area contributed by atoms with Crippen molar-refractivity contribution < 1.29 is 5.11 Å². The van der Waals surface area contributed by atoms with E-state index in [1.165, 1.54) is 29.5 Å². The van der Waals surface area contributed by atoms with E-state index in [4.69, 9.17) is 11.6 Å². The van der Waals surface area contributed by atoms with Crippen LogP contribution in [0.3, 0.4) is 0 Å². The average Bonchev–Trinajstić information content (AvgIpc) is 2.61. The van der Waals surface area contributed by atoms with Gasteiger partial charge >= 0.3 is 0 Å². The molecule has 0 spiro atoms. The van der Waals surface area contributed by atoms with Crippen LogP contribution in [0.25, 0.3) is 5.69 Å². The molecule has 1 aromatic heterocycles. The summed E-state index contributed by atoms with van der Waals surface area (Å²) >= 11 is 5.89. The first-order chi connectivity index (χ1) is 6.27. The van der Waals surface area contributed by atoms with Gasteiger partial charge in [0.1, 0.15) is 18.4 Å². The lowest BCUT2D eigenvalue weighted by Crippen LogP contribution is -1.94. The highest BCUT2D eigenvalue weighted by molar-refractivity contribution is 6.32. The smallest absolute Gasteiger partial charge is 0.138 e. The van der Waals surface area contributed by atoms with Gasteiger partial charge in [-0.25, -0.2) is 9.67 Å². The third-order valence-corrected chi connectivity index (χ3v) is 1.91. The van der Waals surface area contributed by atoms with Crippen molar-refractivity contribution in [1.82, 2.24) is 14.8 Å². The SMILES string of the molecule is Oc1ccc(Cl)c(-n2cncn2)c1. The molecule has 0 radical (unpaired) electrons. The number of hydrogen-bond acceptors (Lipinski definition) is 3. The number of nitrogens with zero attached hydrogens (tertiary/aromatic N) is 3. The minimum atomic E-state index is 0.148. The Morgan fingerprint density at radius 1 is 1.38 bits per heavy atom. The second-order valence-corrected chi connectivity index (χ2v) is 2.88. The number of aromatic hydroxyl groups is 1. The van der Waals surface area contributed by atoms with Crippen molar-refractivity contribution in [3.05, 3.63) is 35.9 Å². The molecule has 0 saturated carbocycles. The molecular weight excluding hydrogens is 190 g/mol. The van der Waals surface area contributed by atoms with Crippen molar-refractivity contribution in [3.8, 4) is 11.4 Å². The largest absolute Gasteiger partial charge is 0.508 e. The fraction of sp³-hybridized carbons (Fsp3) is 0. The molecule has 4 nitrogen and oxygen atoms in total. The molecular formula is C8H6ClN3O. The molecule has 0 amide bonds. The van der Waals surface area contributed by atoms with E-state index in [9.17, 15) is 5.11 Å². The number of rotatable bonds is 1. The highest BCUT2D eigenvalue weighted by atomic mass is 35.5. The van der Waals surface area contributed by atoms with E-state index in [0.717, 1.165) is 0 Å². The van der Waals surface area contributed by atoms with Crippen LogP contribution in [0.1, 0.15) is 0 Å². The molecule has 0 fully saturated rings. The predicted molar refractivity (Wildman–Crippen MR) is 48.0 cm³/mol. The summed E-state index contributed by atoms with van der Waals surface area (Å²) < 4.78 is 1.49. The zero-order valence-electron chi connectivity index (χ0n) is 6.55. The van der Waals surface area contributed by atoms with Crippen LogP contribution >= 0.6 is 11.6 Å². The van der Waals surface area contributed by atoms with Gasteiger partial charge in [-0.05, 0) is 12.1 Å². The molecule has 13 heavy (non-hydrogen) atoms. The lowest BCUT2D eigenvalue weighted by molar-refractivity contribution is 0.475. The summed E-state index contributed by atoms with van der Waals surface area (Å²) in [7, 11) is 0. The molecule has 2 rings (SSSR count). The molecule has 0 unspecified atom stereocenters. The summed E-state index contributed by atoms with van der Waals surface area (Å²) in [6.45, 7) is 0. The van der Waals surface area contributed by atoms with Crippen LogP contribution in [0.5, 0.6) is 5.75 Å². The summed E-state index contributed by atoms with van der Waals surface area (Å²) in [4.78, 5) is 3.78. The molecule has 5 heteroatoms. The third kappa shape index (κ3) is 1.48. The lowest BCUT2D eigenvalue weighted by atomic mass is 10.3. The first kappa shape index (κ1) is 8.07. The number of phenolic OH excluding ortho intramolecular Hbond substituents is 1. The van der Waals surface area contributed by atoms with Gasteiger partial charge in [0, 0.05) is 6.07 Å². The van der Waals surface area contributed by atoms with Crippen LogP contribution in [0.4, 0.5) is 0 Å². The summed E-state index contributed by atoms with van der Waals surface area (Å²) in [6, 6.07) is 4.65. The van der Waals surface area contributed by atoms with Crippen molar-refractivity contribution >= 4 is 11.6 Å². The summed E-state index contributed by atoms with van der Waals surface area (Å²) in [6.07, 6.45) is 2.92. The maximum Gasteiger partial charge on any atom is 0.138 e. The van der Waals surface area contributed by atoms with Crippen LogP contribution < -0.4 is 0 Å². The quantitative estimate of drug-likeness (QED) is 0.753. The van der Waals surface area contributed by atoms with Crippen LogP contribution in [0, 0.1) is 0 Å². The molecule has 1 N–H and O–H groups in total. The zero-order valence-corrected chi connectivity index (χ0v) is 7.31. The van der Waals surface area contributed by atoms with Gasteiger partial charge in [0.2, 0.25) is 0 Å². The highest BCUT2D eigenvalue weighted by Crippen LogP contribution is 2.23. The Hall–Kier alpha value is -1.55. The minimum absolute atomic E-state index is 0.148. The van der Waals surface area contributed by atoms with Crippen LogP contribution in [-0.2, 0) is 0 Å². The maximum absolute atomic E-state index is 9.22. The third-order valence-electron chi connectivity index (χ3n) is 1.60. The van der Waals surface area contributed by atoms with Crippen LogP contribution in [-0.4, -0.2) is 19.9 Å². The zero-order chi connectivity index (χ0) is 9.26. The van der Waals surface area contributed by atoms with E-state index in [1.807, 2.05) is 0 Å². The Morgan fingerprint density at radius 3 is 2.92 bits per heavy atom. The van der Waals surface area contributed by atoms with Gasteiger partial charge in [0.25, 0.3) is 0 Å². The number of phenols is 1. The molecule has 1 heterocycles. The van der Waals surface area contributed by atoms with Gasteiger partial charge in [-0.15, -0.1) is 0 Å². The topological polar surface area (TPSA) is 50.9 Å². The fourth-order valence-electron chi connectivity index (χ4n) is 1.01. The van der Waals surface area contributed by atoms with Crippen molar-refractivity contribution in [2.75, 3.05) is 0 Å². The molecule has 2 aromatic rings. The second kappa shape index (κ2) is 3.06. The minimum Gasteiger partial charge on any atom is -0.508 e. The Balaban J connectivity index is 2.57. The number of aromatic nitrogens is 3. The fourth-order valence-corrected chi connectivity index (χ4v) is 1.21. The Kier molecular flexibility index (Phi) is 1.90. The van der Waals surface area contributed by atoms with E-state index in [-0.39, 0.29) is 5.75 Å². The Morgan fingerprint density at radius 2 is 2.23 bits per heavy atom. The van der Waals surface area contributed by atoms with E-state index < -0.39 is 0 Å². The highest BCUT2D eigenvalue weighted by Gasteiger charge is 2.03. The van der Waals surface area contributed by atoms with E-state index in [0.29, 0.717) is 10.7 Å². The van der Waals surface area contributed by atoms with Gasteiger partial charge in [0.05, 0.1) is 10.7 Å². The van der Waals surface area contributed by atoms with Crippen LogP contribution in [0.2, 0.25) is 5.02 Å². The van der Waals surface area contributed by atoms with Crippen molar-refractivity contribution in [2.45, 2.75) is 0 Å². The van der Waals surface area contributed by atoms with E-state index in [1.54, 1.807) is 6.07 Å². The molecule has 66 valence electrons. The predicted octanol–water partition coefficient (Wildman–Crippen LogP) is 1.63. The maximum atomic E-state index is 9.22. The monoisotopic (exact) mass is 195 g/mol. The van der Waals surface area contributed by atoms with Gasteiger partial charge < -0.3 is 5.11 Å². The molecule has 0 atom stereocenters. The molecule has 0 aliphatic rings. The summed E-state index contributed by atoms with van der Waals surface area (Å²) in [5.74, 6) is 0.148. The number of hydrogen-bond donors (Lipinski definition) is 1. The summed E-state index contributed by atoms with van der Waals surface area (Å²) in [5, 5.41) is 13.6. The van der Waals surface area contributed by atoms with Gasteiger partial charge in [-0.2, -0.15) is 5.10 Å². The number of benzene rings is 1. The van der Waals surface area contributed by atoms with Gasteiger partial charge in [0.15, 0.2) is 0 Å². The first-order valence-electron chi connectivity index (χ1n) is 3.61. The molecule has 0 bridgehead atoms. The van der Waals surface area contributed by atoms with E-state index >= 15 is 0 Å². The van der Waals surface area contributed by atoms with Gasteiger partial charge in [-0.1, -0.05) is 11.6 Å². The standard InChI is InChI=1S/C8H6ClN3O/c9-7-2-1-6(13)3-8(7)12-5-10-4-11-12/h1-5,13H. The van der Waals surface area contributed by atoms with Crippen molar-refractivity contribution in [1.29, 1.82) is 0 Å². The average molecular weight is 196 g/mol. The van der Waals surface area contributed by atoms with Crippen molar-refractivity contribution in [2.24, 2.45) is 0 Å². The summed E-state index contributed by atoms with van der Waals surface area (Å²) in [5.41, 5.74) is 0.610.